The van der Waals surface area contributed by atoms with Crippen LogP contribution in [0.1, 0.15) is 26.7 Å². The first kappa shape index (κ1) is 21.1. The highest BCUT2D eigenvalue weighted by atomic mass is 32.2. The number of sulfonamides is 1. The van der Waals surface area contributed by atoms with Gasteiger partial charge in [0.15, 0.2) is 0 Å². The summed E-state index contributed by atoms with van der Waals surface area (Å²) in [4.78, 5) is 23.8. The molecule has 30 heavy (non-hydrogen) atoms. The standard InChI is InChI=1S/C21H19NO7S/c1-22(15-8-4-3-5-9-15)30(25,26)19-11-7-6-10-17(19)20(23)28-14-16-12-13-18(29-16)21(24)27-2/h3-13H,14H2,1-2H3. The smallest absolute Gasteiger partial charge is 0.373 e. The van der Waals surface area contributed by atoms with E-state index in [0.29, 0.717) is 5.69 Å². The average Bonchev–Trinajstić information content (AvgIpc) is 3.26. The minimum atomic E-state index is -4.01. The molecule has 0 bridgehead atoms. The Balaban J connectivity index is 1.81. The summed E-state index contributed by atoms with van der Waals surface area (Å²) in [7, 11) is -1.39. The lowest BCUT2D eigenvalue weighted by Crippen LogP contribution is -2.28. The zero-order chi connectivity index (χ0) is 21.7. The van der Waals surface area contributed by atoms with E-state index in [1.807, 2.05) is 0 Å². The number of furan rings is 1. The van der Waals surface area contributed by atoms with Crippen LogP contribution in [0.2, 0.25) is 0 Å². The van der Waals surface area contributed by atoms with E-state index in [2.05, 4.69) is 4.74 Å². The molecule has 3 aromatic rings. The van der Waals surface area contributed by atoms with Gasteiger partial charge in [0, 0.05) is 7.05 Å². The van der Waals surface area contributed by atoms with E-state index in [4.69, 9.17) is 9.15 Å². The van der Waals surface area contributed by atoms with Crippen molar-refractivity contribution in [3.8, 4) is 0 Å². The summed E-state index contributed by atoms with van der Waals surface area (Å²) in [6.07, 6.45) is 0. The van der Waals surface area contributed by atoms with Crippen LogP contribution in [0.25, 0.3) is 0 Å². The van der Waals surface area contributed by atoms with Gasteiger partial charge in [-0.1, -0.05) is 30.3 Å². The Morgan fingerprint density at radius 2 is 1.60 bits per heavy atom. The number of carbonyl (C=O) groups excluding carboxylic acids is 2. The number of carbonyl (C=O) groups is 2. The molecule has 0 aliphatic carbocycles. The maximum atomic E-state index is 13.1. The Morgan fingerprint density at radius 3 is 2.30 bits per heavy atom. The summed E-state index contributed by atoms with van der Waals surface area (Å²) in [6, 6.07) is 17.1. The summed E-state index contributed by atoms with van der Waals surface area (Å²) >= 11 is 0. The molecule has 156 valence electrons. The number of para-hydroxylation sites is 1. The van der Waals surface area contributed by atoms with E-state index in [0.717, 1.165) is 4.31 Å². The highest BCUT2D eigenvalue weighted by Gasteiger charge is 2.27. The second-order valence-corrected chi connectivity index (χ2v) is 8.08. The number of nitrogens with zero attached hydrogens (tertiary/aromatic N) is 1. The molecule has 0 aliphatic rings. The third kappa shape index (κ3) is 4.36. The van der Waals surface area contributed by atoms with Crippen LogP contribution < -0.4 is 4.31 Å². The van der Waals surface area contributed by atoms with E-state index in [1.54, 1.807) is 36.4 Å². The summed E-state index contributed by atoms with van der Waals surface area (Å²) in [5, 5.41) is 0. The van der Waals surface area contributed by atoms with Gasteiger partial charge in [0.25, 0.3) is 10.0 Å². The molecule has 0 saturated carbocycles. The molecule has 0 spiro atoms. The predicted octanol–water partition coefficient (Wildman–Crippen LogP) is 3.25. The van der Waals surface area contributed by atoms with Crippen molar-refractivity contribution in [1.82, 2.24) is 0 Å². The quantitative estimate of drug-likeness (QED) is 0.531. The predicted molar refractivity (Wildman–Crippen MR) is 108 cm³/mol. The van der Waals surface area contributed by atoms with Crippen molar-refractivity contribution < 1.29 is 31.9 Å². The molecule has 0 radical (unpaired) electrons. The largest absolute Gasteiger partial charge is 0.463 e. The molecular weight excluding hydrogens is 410 g/mol. The molecule has 0 fully saturated rings. The van der Waals surface area contributed by atoms with Crippen LogP contribution in [0.4, 0.5) is 5.69 Å². The molecule has 0 unspecified atom stereocenters. The summed E-state index contributed by atoms with van der Waals surface area (Å²) < 4.78 is 42.3. The first-order valence-electron chi connectivity index (χ1n) is 8.81. The van der Waals surface area contributed by atoms with Crippen molar-refractivity contribution in [1.29, 1.82) is 0 Å². The van der Waals surface area contributed by atoms with Crippen molar-refractivity contribution in [2.45, 2.75) is 11.5 Å². The zero-order valence-electron chi connectivity index (χ0n) is 16.3. The molecule has 1 heterocycles. The van der Waals surface area contributed by atoms with Crippen LogP contribution >= 0.6 is 0 Å². The Morgan fingerprint density at radius 1 is 0.933 bits per heavy atom. The second-order valence-electron chi connectivity index (χ2n) is 6.14. The number of hydrogen-bond acceptors (Lipinski definition) is 7. The third-order valence-corrected chi connectivity index (χ3v) is 6.10. The normalized spacial score (nSPS) is 11.0. The van der Waals surface area contributed by atoms with Crippen LogP contribution in [0.15, 0.2) is 76.0 Å². The van der Waals surface area contributed by atoms with Gasteiger partial charge in [-0.25, -0.2) is 18.0 Å². The highest BCUT2D eigenvalue weighted by molar-refractivity contribution is 7.92. The number of benzene rings is 2. The Hall–Kier alpha value is -3.59. The van der Waals surface area contributed by atoms with Crippen molar-refractivity contribution in [2.24, 2.45) is 0 Å². The molecule has 0 aliphatic heterocycles. The maximum absolute atomic E-state index is 13.1. The van der Waals surface area contributed by atoms with Crippen LogP contribution in [-0.4, -0.2) is 34.5 Å². The van der Waals surface area contributed by atoms with Crippen molar-refractivity contribution in [3.63, 3.8) is 0 Å². The fourth-order valence-corrected chi connectivity index (χ4v) is 4.04. The van der Waals surface area contributed by atoms with Gasteiger partial charge >= 0.3 is 11.9 Å². The van der Waals surface area contributed by atoms with Crippen LogP contribution in [-0.2, 0) is 26.1 Å². The lowest BCUT2D eigenvalue weighted by molar-refractivity contribution is 0.0434. The van der Waals surface area contributed by atoms with Gasteiger partial charge in [0.05, 0.1) is 18.4 Å². The van der Waals surface area contributed by atoms with Crippen molar-refractivity contribution in [3.05, 3.63) is 83.8 Å². The molecule has 9 heteroatoms. The first-order valence-corrected chi connectivity index (χ1v) is 10.3. The molecule has 0 N–H and O–H groups in total. The molecular formula is C21H19NO7S. The van der Waals surface area contributed by atoms with Crippen molar-refractivity contribution in [2.75, 3.05) is 18.5 Å². The van der Waals surface area contributed by atoms with Crippen LogP contribution in [0.5, 0.6) is 0 Å². The minimum absolute atomic E-state index is 0.0315. The molecule has 0 atom stereocenters. The van der Waals surface area contributed by atoms with Gasteiger partial charge in [0.1, 0.15) is 17.3 Å². The monoisotopic (exact) mass is 429 g/mol. The van der Waals surface area contributed by atoms with E-state index in [9.17, 15) is 18.0 Å². The first-order chi connectivity index (χ1) is 14.3. The van der Waals surface area contributed by atoms with Gasteiger partial charge in [-0.2, -0.15) is 0 Å². The molecule has 1 aromatic heterocycles. The molecule has 0 saturated heterocycles. The zero-order valence-corrected chi connectivity index (χ0v) is 17.1. The van der Waals surface area contributed by atoms with Crippen LogP contribution in [0, 0.1) is 0 Å². The van der Waals surface area contributed by atoms with E-state index in [-0.39, 0.29) is 28.6 Å². The lowest BCUT2D eigenvalue weighted by atomic mass is 10.2. The molecule has 3 rings (SSSR count). The molecule has 2 aromatic carbocycles. The van der Waals surface area contributed by atoms with Gasteiger partial charge in [0.2, 0.25) is 5.76 Å². The molecule has 0 amide bonds. The van der Waals surface area contributed by atoms with Crippen LogP contribution in [0.3, 0.4) is 0 Å². The van der Waals surface area contributed by atoms with E-state index in [1.165, 1.54) is 44.5 Å². The number of methoxy groups -OCH3 is 1. The van der Waals surface area contributed by atoms with Gasteiger partial charge < -0.3 is 13.9 Å². The maximum Gasteiger partial charge on any atom is 0.373 e. The SMILES string of the molecule is COC(=O)c1ccc(COC(=O)c2ccccc2S(=O)(=O)N(C)c2ccccc2)o1. The highest BCUT2D eigenvalue weighted by Crippen LogP contribution is 2.25. The van der Waals surface area contributed by atoms with E-state index >= 15 is 0 Å². The molecule has 8 nitrogen and oxygen atoms in total. The average molecular weight is 429 g/mol. The fraction of sp³-hybridized carbons (Fsp3) is 0.143. The minimum Gasteiger partial charge on any atom is -0.463 e. The van der Waals surface area contributed by atoms with Gasteiger partial charge in [-0.3, -0.25) is 4.31 Å². The number of ether oxygens (including phenoxy) is 2. The third-order valence-electron chi connectivity index (χ3n) is 4.26. The van der Waals surface area contributed by atoms with Gasteiger partial charge in [-0.05, 0) is 36.4 Å². The Bertz CT molecular complexity index is 1150. The Labute approximate surface area is 173 Å². The number of rotatable bonds is 7. The van der Waals surface area contributed by atoms with Gasteiger partial charge in [-0.15, -0.1) is 0 Å². The summed E-state index contributed by atoms with van der Waals surface area (Å²) in [6.45, 7) is -0.279. The summed E-state index contributed by atoms with van der Waals surface area (Å²) in [5.74, 6) is -1.32. The number of anilines is 1. The fourth-order valence-electron chi connectivity index (χ4n) is 2.66. The second kappa shape index (κ2) is 8.83. The van der Waals surface area contributed by atoms with E-state index < -0.39 is 22.0 Å². The summed E-state index contributed by atoms with van der Waals surface area (Å²) in [5.41, 5.74) is 0.339. The topological polar surface area (TPSA) is 103 Å². The Kier molecular flexibility index (Phi) is 6.22. The van der Waals surface area contributed by atoms with Crippen molar-refractivity contribution >= 4 is 27.6 Å². The number of esters is 2. The number of hydrogen-bond donors (Lipinski definition) is 0. The lowest BCUT2D eigenvalue weighted by Gasteiger charge is -2.20.